The third-order valence-corrected chi connectivity index (χ3v) is 6.68. The monoisotopic (exact) mass is 466 g/mol. The maximum Gasteiger partial charge on any atom is 0.233 e. The molecule has 0 radical (unpaired) electrons. The second kappa shape index (κ2) is 9.47. The molecule has 2 aromatic carbocycles. The van der Waals surface area contributed by atoms with Crippen LogP contribution in [0.5, 0.6) is 11.5 Å². The van der Waals surface area contributed by atoms with Gasteiger partial charge >= 0.3 is 0 Å². The largest absolute Gasteiger partial charge is 0.454 e. The summed E-state index contributed by atoms with van der Waals surface area (Å²) >= 11 is 1.41. The second-order valence-electron chi connectivity index (χ2n) is 9.04. The van der Waals surface area contributed by atoms with Crippen LogP contribution in [-0.4, -0.2) is 32.7 Å². The number of hydrogen-bond donors (Lipinski definition) is 1. The number of fused-ring (bicyclic) bond motifs is 1. The van der Waals surface area contributed by atoms with E-state index in [0.29, 0.717) is 12.3 Å². The lowest BCUT2D eigenvalue weighted by Gasteiger charge is -2.19. The molecule has 174 valence electrons. The molecule has 0 fully saturated rings. The van der Waals surface area contributed by atoms with E-state index in [0.717, 1.165) is 34.4 Å². The Hall–Kier alpha value is -3.00. The average Bonchev–Trinajstić information content (AvgIpc) is 3.43. The van der Waals surface area contributed by atoms with Gasteiger partial charge in [0, 0.05) is 18.7 Å². The van der Waals surface area contributed by atoms with Gasteiger partial charge in [0.25, 0.3) is 0 Å². The summed E-state index contributed by atoms with van der Waals surface area (Å²) in [7, 11) is 0. The summed E-state index contributed by atoms with van der Waals surface area (Å²) in [5, 5.41) is 12.2. The molecular weight excluding hydrogens is 436 g/mol. The van der Waals surface area contributed by atoms with Crippen LogP contribution in [0.1, 0.15) is 45.7 Å². The fraction of sp³-hybridized carbons (Fsp3) is 0.400. The van der Waals surface area contributed by atoms with Crippen molar-refractivity contribution in [1.82, 2.24) is 20.1 Å². The van der Waals surface area contributed by atoms with Crippen LogP contribution >= 0.6 is 11.8 Å². The van der Waals surface area contributed by atoms with Crippen molar-refractivity contribution in [2.75, 3.05) is 6.79 Å². The Morgan fingerprint density at radius 2 is 1.85 bits per heavy atom. The second-order valence-corrected chi connectivity index (χ2v) is 10.4. The Labute approximate surface area is 198 Å². The lowest BCUT2D eigenvalue weighted by molar-refractivity contribution is -0.120. The molecule has 1 N–H and O–H groups in total. The molecule has 2 heterocycles. The molecule has 4 rings (SSSR count). The zero-order chi connectivity index (χ0) is 23.6. The Morgan fingerprint density at radius 3 is 2.55 bits per heavy atom. The minimum absolute atomic E-state index is 0.0561. The summed E-state index contributed by atoms with van der Waals surface area (Å²) in [6.07, 6.45) is 0. The highest BCUT2D eigenvalue weighted by molar-refractivity contribution is 8.00. The van der Waals surface area contributed by atoms with E-state index in [2.05, 4.69) is 72.0 Å². The molecule has 7 nitrogen and oxygen atoms in total. The predicted octanol–water partition coefficient (Wildman–Crippen LogP) is 4.79. The molecule has 1 unspecified atom stereocenters. The molecule has 33 heavy (non-hydrogen) atoms. The van der Waals surface area contributed by atoms with Crippen LogP contribution in [0.2, 0.25) is 0 Å². The van der Waals surface area contributed by atoms with E-state index < -0.39 is 0 Å². The Bertz CT molecular complexity index is 1140. The molecular formula is C25H30N4O3S. The number of amides is 1. The number of nitrogens with one attached hydrogen (secondary N) is 1. The predicted molar refractivity (Wildman–Crippen MR) is 130 cm³/mol. The number of ether oxygens (including phenoxy) is 2. The number of aromatic nitrogens is 3. The molecule has 0 saturated heterocycles. The Kier molecular flexibility index (Phi) is 6.65. The first-order valence-electron chi connectivity index (χ1n) is 11.1. The first-order chi connectivity index (χ1) is 15.8. The molecule has 1 aromatic heterocycles. The van der Waals surface area contributed by atoms with Crippen molar-refractivity contribution >= 4 is 17.7 Å². The standard InChI is InChI=1S/C25H30N4O3S/c1-6-29-22(18-8-10-19(11-9-18)25(3,4)5)27-28-24(29)33-16(2)23(30)26-14-17-7-12-20-21(13-17)32-15-31-20/h7-13,16H,6,14-15H2,1-5H3,(H,26,30). The van der Waals surface area contributed by atoms with Crippen LogP contribution in [-0.2, 0) is 23.3 Å². The summed E-state index contributed by atoms with van der Waals surface area (Å²) in [6, 6.07) is 14.1. The van der Waals surface area contributed by atoms with Gasteiger partial charge in [0.2, 0.25) is 12.7 Å². The number of carbonyl (C=O) groups excluding carboxylic acids is 1. The fourth-order valence-corrected chi connectivity index (χ4v) is 4.53. The maximum absolute atomic E-state index is 12.7. The van der Waals surface area contributed by atoms with Crippen molar-refractivity contribution in [2.24, 2.45) is 0 Å². The van der Waals surface area contributed by atoms with Gasteiger partial charge in [0.1, 0.15) is 0 Å². The van der Waals surface area contributed by atoms with Crippen LogP contribution in [0, 0.1) is 0 Å². The van der Waals surface area contributed by atoms with Crippen LogP contribution in [0.25, 0.3) is 11.4 Å². The minimum Gasteiger partial charge on any atom is -0.454 e. The molecule has 1 aliphatic rings. The molecule has 8 heteroatoms. The van der Waals surface area contributed by atoms with Gasteiger partial charge in [-0.05, 0) is 42.5 Å². The highest BCUT2D eigenvalue weighted by atomic mass is 32.2. The van der Waals surface area contributed by atoms with E-state index in [-0.39, 0.29) is 23.4 Å². The number of rotatable bonds is 7. The molecule has 3 aromatic rings. The van der Waals surface area contributed by atoms with Crippen molar-refractivity contribution in [3.05, 3.63) is 53.6 Å². The Morgan fingerprint density at radius 1 is 1.12 bits per heavy atom. The van der Waals surface area contributed by atoms with Crippen LogP contribution < -0.4 is 14.8 Å². The van der Waals surface area contributed by atoms with Gasteiger partial charge < -0.3 is 19.4 Å². The van der Waals surface area contributed by atoms with E-state index in [4.69, 9.17) is 9.47 Å². The van der Waals surface area contributed by atoms with Crippen molar-refractivity contribution in [3.63, 3.8) is 0 Å². The number of benzene rings is 2. The van der Waals surface area contributed by atoms with E-state index in [1.807, 2.05) is 25.1 Å². The average molecular weight is 467 g/mol. The normalized spacial score (nSPS) is 13.7. The quantitative estimate of drug-likeness (QED) is 0.505. The van der Waals surface area contributed by atoms with E-state index in [9.17, 15) is 4.79 Å². The van der Waals surface area contributed by atoms with Gasteiger partial charge in [-0.3, -0.25) is 4.79 Å². The SMILES string of the molecule is CCn1c(SC(C)C(=O)NCc2ccc3c(c2)OCO3)nnc1-c1ccc(C(C)(C)C)cc1. The summed E-state index contributed by atoms with van der Waals surface area (Å²) in [4.78, 5) is 12.7. The van der Waals surface area contributed by atoms with Crippen molar-refractivity contribution in [3.8, 4) is 22.9 Å². The van der Waals surface area contributed by atoms with Crippen LogP contribution in [0.15, 0.2) is 47.6 Å². The minimum atomic E-state index is -0.315. The van der Waals surface area contributed by atoms with Gasteiger partial charge in [-0.2, -0.15) is 0 Å². The number of thioether (sulfide) groups is 1. The molecule has 0 aliphatic carbocycles. The molecule has 1 aliphatic heterocycles. The summed E-state index contributed by atoms with van der Waals surface area (Å²) < 4.78 is 12.8. The zero-order valence-corrected chi connectivity index (χ0v) is 20.5. The third kappa shape index (κ3) is 5.16. The van der Waals surface area contributed by atoms with Crippen molar-refractivity contribution in [1.29, 1.82) is 0 Å². The molecule has 0 bridgehead atoms. The smallest absolute Gasteiger partial charge is 0.233 e. The van der Waals surface area contributed by atoms with Gasteiger partial charge in [0.15, 0.2) is 22.5 Å². The van der Waals surface area contributed by atoms with Crippen LogP contribution in [0.4, 0.5) is 0 Å². The summed E-state index contributed by atoms with van der Waals surface area (Å²) in [5.74, 6) is 2.20. The molecule has 1 amide bonds. The van der Waals surface area contributed by atoms with Crippen molar-refractivity contribution in [2.45, 2.75) is 63.5 Å². The van der Waals surface area contributed by atoms with Crippen LogP contribution in [0.3, 0.4) is 0 Å². The van der Waals surface area contributed by atoms with Gasteiger partial charge in [-0.25, -0.2) is 0 Å². The van der Waals surface area contributed by atoms with Gasteiger partial charge in [-0.1, -0.05) is 62.9 Å². The van der Waals surface area contributed by atoms with Gasteiger partial charge in [-0.15, -0.1) is 10.2 Å². The highest BCUT2D eigenvalue weighted by Crippen LogP contribution is 2.33. The fourth-order valence-electron chi connectivity index (χ4n) is 3.59. The molecule has 0 saturated carbocycles. The maximum atomic E-state index is 12.7. The molecule has 1 atom stereocenters. The van der Waals surface area contributed by atoms with E-state index in [1.165, 1.54) is 17.3 Å². The zero-order valence-electron chi connectivity index (χ0n) is 19.7. The first kappa shape index (κ1) is 23.2. The first-order valence-corrected chi connectivity index (χ1v) is 12.0. The Balaban J connectivity index is 1.41. The molecule has 0 spiro atoms. The van der Waals surface area contributed by atoms with E-state index >= 15 is 0 Å². The third-order valence-electron chi connectivity index (χ3n) is 5.60. The van der Waals surface area contributed by atoms with Gasteiger partial charge in [0.05, 0.1) is 5.25 Å². The number of carbonyl (C=O) groups is 1. The summed E-state index contributed by atoms with van der Waals surface area (Å²) in [5.41, 5.74) is 3.35. The van der Waals surface area contributed by atoms with E-state index in [1.54, 1.807) is 0 Å². The lowest BCUT2D eigenvalue weighted by atomic mass is 9.87. The summed E-state index contributed by atoms with van der Waals surface area (Å²) in [6.45, 7) is 11.9. The highest BCUT2D eigenvalue weighted by Gasteiger charge is 2.21. The van der Waals surface area contributed by atoms with Crippen molar-refractivity contribution < 1.29 is 14.3 Å². The number of nitrogens with zero attached hydrogens (tertiary/aromatic N) is 3. The topological polar surface area (TPSA) is 78.3 Å². The lowest BCUT2D eigenvalue weighted by Crippen LogP contribution is -2.30. The number of hydrogen-bond acceptors (Lipinski definition) is 6.